The molecule has 0 fully saturated rings. The molecule has 5 heteroatoms. The summed E-state index contributed by atoms with van der Waals surface area (Å²) >= 11 is 9.35. The molecule has 0 bridgehead atoms. The minimum absolute atomic E-state index is 0.0694. The summed E-state index contributed by atoms with van der Waals surface area (Å²) in [5, 5.41) is 3.64. The summed E-state index contributed by atoms with van der Waals surface area (Å²) in [4.78, 5) is 0. The molecule has 102 valence electrons. The van der Waals surface area contributed by atoms with Crippen molar-refractivity contribution in [2.24, 2.45) is 0 Å². The van der Waals surface area contributed by atoms with Crippen LogP contribution in [0.3, 0.4) is 0 Å². The van der Waals surface area contributed by atoms with Gasteiger partial charge in [0.1, 0.15) is 5.82 Å². The Morgan fingerprint density at radius 1 is 1.42 bits per heavy atom. The van der Waals surface area contributed by atoms with Gasteiger partial charge in [-0.3, -0.25) is 0 Å². The molecule has 0 aliphatic heterocycles. The van der Waals surface area contributed by atoms with Crippen LogP contribution in [0.2, 0.25) is 5.22 Å². The molecule has 1 N–H and O–H groups in total. The molecule has 0 spiro atoms. The van der Waals surface area contributed by atoms with Crippen molar-refractivity contribution >= 4 is 27.5 Å². The van der Waals surface area contributed by atoms with Gasteiger partial charge in [0, 0.05) is 16.1 Å². The van der Waals surface area contributed by atoms with Crippen molar-refractivity contribution in [2.75, 3.05) is 6.54 Å². The summed E-state index contributed by atoms with van der Waals surface area (Å²) in [6, 6.07) is 6.67. The van der Waals surface area contributed by atoms with Crippen LogP contribution in [0, 0.1) is 5.82 Å². The Morgan fingerprint density at radius 3 is 2.84 bits per heavy atom. The van der Waals surface area contributed by atoms with Crippen LogP contribution in [0.15, 0.2) is 39.4 Å². The van der Waals surface area contributed by atoms with E-state index in [0.717, 1.165) is 16.6 Å². The first-order chi connectivity index (χ1) is 9.11. The van der Waals surface area contributed by atoms with Gasteiger partial charge >= 0.3 is 0 Å². The molecule has 1 aromatic carbocycles. The van der Waals surface area contributed by atoms with Crippen LogP contribution in [-0.4, -0.2) is 6.54 Å². The molecule has 1 aromatic heterocycles. The van der Waals surface area contributed by atoms with Gasteiger partial charge in [-0.25, -0.2) is 4.39 Å². The Labute approximate surface area is 125 Å². The molecule has 19 heavy (non-hydrogen) atoms. The van der Waals surface area contributed by atoms with Crippen LogP contribution >= 0.6 is 27.5 Å². The van der Waals surface area contributed by atoms with E-state index in [4.69, 9.17) is 16.0 Å². The van der Waals surface area contributed by atoms with Gasteiger partial charge in [0.05, 0.1) is 6.26 Å². The van der Waals surface area contributed by atoms with Crippen molar-refractivity contribution in [1.29, 1.82) is 0 Å². The summed E-state index contributed by atoms with van der Waals surface area (Å²) in [6.07, 6.45) is 2.05. The average molecular weight is 347 g/mol. The zero-order valence-corrected chi connectivity index (χ0v) is 12.8. The van der Waals surface area contributed by atoms with Crippen LogP contribution in [-0.2, 0) is 6.42 Å². The van der Waals surface area contributed by atoms with E-state index < -0.39 is 0 Å². The van der Waals surface area contributed by atoms with Gasteiger partial charge in [-0.15, -0.1) is 0 Å². The summed E-state index contributed by atoms with van der Waals surface area (Å²) in [6.45, 7) is 2.76. The first kappa shape index (κ1) is 14.6. The lowest BCUT2D eigenvalue weighted by molar-refractivity contribution is 0.513. The number of likely N-dealkylation sites (N-methyl/N-ethyl adjacent to an activating group) is 1. The second kappa shape index (κ2) is 6.55. The van der Waals surface area contributed by atoms with E-state index in [1.807, 2.05) is 13.0 Å². The van der Waals surface area contributed by atoms with Gasteiger partial charge in [0.15, 0.2) is 5.22 Å². The highest BCUT2D eigenvalue weighted by molar-refractivity contribution is 9.10. The van der Waals surface area contributed by atoms with Crippen molar-refractivity contribution in [2.45, 2.75) is 19.4 Å². The summed E-state index contributed by atoms with van der Waals surface area (Å²) < 4.78 is 19.8. The number of rotatable bonds is 5. The predicted octanol–water partition coefficient (Wildman–Crippen LogP) is 4.73. The number of hydrogen-bond acceptors (Lipinski definition) is 2. The molecule has 0 saturated carbocycles. The van der Waals surface area contributed by atoms with Crippen LogP contribution in [0.5, 0.6) is 0 Å². The first-order valence-corrected chi connectivity index (χ1v) is 7.19. The van der Waals surface area contributed by atoms with E-state index >= 15 is 0 Å². The van der Waals surface area contributed by atoms with Crippen molar-refractivity contribution in [1.82, 2.24) is 5.32 Å². The summed E-state index contributed by atoms with van der Waals surface area (Å²) in [5.74, 6) is -0.217. The second-order valence-electron chi connectivity index (χ2n) is 4.20. The lowest BCUT2D eigenvalue weighted by Gasteiger charge is -2.17. The Morgan fingerprint density at radius 2 is 2.21 bits per heavy atom. The third-order valence-corrected chi connectivity index (χ3v) is 3.70. The fourth-order valence-electron chi connectivity index (χ4n) is 2.01. The number of furan rings is 1. The minimum Gasteiger partial charge on any atom is -0.453 e. The molecular weight excluding hydrogens is 333 g/mol. The smallest absolute Gasteiger partial charge is 0.197 e. The molecule has 2 aromatic rings. The molecule has 1 atom stereocenters. The number of halogens is 3. The van der Waals surface area contributed by atoms with Gasteiger partial charge in [-0.05, 0) is 54.4 Å². The Kier molecular flexibility index (Phi) is 5.02. The molecule has 0 amide bonds. The Balaban J connectivity index is 2.26. The zero-order valence-electron chi connectivity index (χ0n) is 10.4. The van der Waals surface area contributed by atoms with Crippen LogP contribution in [0.25, 0.3) is 0 Å². The fourth-order valence-corrected chi connectivity index (χ4v) is 2.67. The topological polar surface area (TPSA) is 25.2 Å². The molecule has 1 unspecified atom stereocenters. The van der Waals surface area contributed by atoms with Crippen LogP contribution in [0.4, 0.5) is 4.39 Å². The molecule has 1 heterocycles. The lowest BCUT2D eigenvalue weighted by atomic mass is 10.0. The molecule has 2 nitrogen and oxygen atoms in total. The highest BCUT2D eigenvalue weighted by Crippen LogP contribution is 2.28. The average Bonchev–Trinajstić information content (AvgIpc) is 2.79. The first-order valence-electron chi connectivity index (χ1n) is 6.02. The van der Waals surface area contributed by atoms with Crippen molar-refractivity contribution in [3.8, 4) is 0 Å². The highest BCUT2D eigenvalue weighted by atomic mass is 79.9. The normalized spacial score (nSPS) is 12.6. The SMILES string of the molecule is CCNC(Cc1cc(Br)ccc1F)c1ccoc1Cl. The quantitative estimate of drug-likeness (QED) is 0.847. The highest BCUT2D eigenvalue weighted by Gasteiger charge is 2.18. The maximum Gasteiger partial charge on any atom is 0.197 e. The van der Waals surface area contributed by atoms with Gasteiger partial charge in [-0.1, -0.05) is 22.9 Å². The number of hydrogen-bond donors (Lipinski definition) is 1. The van der Waals surface area contributed by atoms with Gasteiger partial charge in [-0.2, -0.15) is 0 Å². The molecule has 0 saturated heterocycles. The molecular formula is C14H14BrClFNO. The van der Waals surface area contributed by atoms with E-state index in [1.165, 1.54) is 6.07 Å². The van der Waals surface area contributed by atoms with Gasteiger partial charge < -0.3 is 9.73 Å². The number of benzene rings is 1. The summed E-state index contributed by atoms with van der Waals surface area (Å²) in [7, 11) is 0. The third-order valence-electron chi connectivity index (χ3n) is 2.90. The van der Waals surface area contributed by atoms with Crippen LogP contribution in [0.1, 0.15) is 24.1 Å². The standard InChI is InChI=1S/C14H14BrClFNO/c1-2-18-13(11-5-6-19-14(11)16)8-9-7-10(15)3-4-12(9)17/h3-7,13,18H,2,8H2,1H3. The predicted molar refractivity (Wildman–Crippen MR) is 77.9 cm³/mol. The maximum atomic E-state index is 13.8. The molecule has 0 radical (unpaired) electrons. The largest absolute Gasteiger partial charge is 0.453 e. The van der Waals surface area contributed by atoms with Gasteiger partial charge in [0.25, 0.3) is 0 Å². The van der Waals surface area contributed by atoms with Crippen molar-refractivity contribution in [3.63, 3.8) is 0 Å². The monoisotopic (exact) mass is 345 g/mol. The third kappa shape index (κ3) is 3.59. The van der Waals surface area contributed by atoms with E-state index in [2.05, 4.69) is 21.2 Å². The van der Waals surface area contributed by atoms with E-state index in [0.29, 0.717) is 17.2 Å². The van der Waals surface area contributed by atoms with E-state index in [9.17, 15) is 4.39 Å². The molecule has 0 aliphatic rings. The van der Waals surface area contributed by atoms with Crippen LogP contribution < -0.4 is 5.32 Å². The van der Waals surface area contributed by atoms with E-state index in [1.54, 1.807) is 18.4 Å². The van der Waals surface area contributed by atoms with Gasteiger partial charge in [0.2, 0.25) is 0 Å². The molecule has 2 rings (SSSR count). The maximum absolute atomic E-state index is 13.8. The second-order valence-corrected chi connectivity index (χ2v) is 5.46. The lowest BCUT2D eigenvalue weighted by Crippen LogP contribution is -2.23. The minimum atomic E-state index is -0.217. The zero-order chi connectivity index (χ0) is 13.8. The van der Waals surface area contributed by atoms with Crippen molar-refractivity contribution < 1.29 is 8.81 Å². The van der Waals surface area contributed by atoms with E-state index in [-0.39, 0.29) is 11.9 Å². The number of nitrogens with one attached hydrogen (secondary N) is 1. The Bertz CT molecular complexity index is 558. The van der Waals surface area contributed by atoms with Crippen molar-refractivity contribution in [3.05, 3.63) is 57.2 Å². The molecule has 0 aliphatic carbocycles. The fraction of sp³-hybridized carbons (Fsp3) is 0.286. The summed E-state index contributed by atoms with van der Waals surface area (Å²) in [5.41, 5.74) is 1.49. The Hall–Kier alpha value is -0.840.